The maximum absolute atomic E-state index is 11.5. The maximum atomic E-state index is 11.5. The number of aliphatic hydroxyl groups excluding tert-OH is 1. The monoisotopic (exact) mass is 248 g/mol. The summed E-state index contributed by atoms with van der Waals surface area (Å²) in [5.41, 5.74) is 0.891. The fraction of sp³-hybridized carbons (Fsp3) is 0.385. The van der Waals surface area contributed by atoms with Gasteiger partial charge in [0.1, 0.15) is 6.04 Å². The molecule has 0 bridgehead atoms. The van der Waals surface area contributed by atoms with Crippen molar-refractivity contribution in [1.29, 1.82) is 0 Å². The first-order chi connectivity index (χ1) is 8.72. The van der Waals surface area contributed by atoms with Gasteiger partial charge in [-0.15, -0.1) is 0 Å². The van der Waals surface area contributed by atoms with Crippen molar-refractivity contribution in [3.05, 3.63) is 35.9 Å². The Labute approximate surface area is 106 Å². The number of aliphatic hydroxyl groups is 1. The fourth-order valence-corrected chi connectivity index (χ4v) is 1.85. The molecule has 0 aromatic heterocycles. The van der Waals surface area contributed by atoms with Gasteiger partial charge in [-0.2, -0.15) is 10.1 Å². The number of carbonyl (C=O) groups excluding carboxylic acids is 1. The van der Waals surface area contributed by atoms with Crippen LogP contribution >= 0.6 is 0 Å². The van der Waals surface area contributed by atoms with Gasteiger partial charge < -0.3 is 9.84 Å². The third kappa shape index (κ3) is 2.68. The van der Waals surface area contributed by atoms with E-state index in [2.05, 4.69) is 5.10 Å². The summed E-state index contributed by atoms with van der Waals surface area (Å²) in [5, 5.41) is 14.9. The van der Waals surface area contributed by atoms with Gasteiger partial charge in [0.05, 0.1) is 6.21 Å². The summed E-state index contributed by atoms with van der Waals surface area (Å²) >= 11 is 0. The highest BCUT2D eigenvalue weighted by Gasteiger charge is 2.40. The van der Waals surface area contributed by atoms with E-state index in [-0.39, 0.29) is 0 Å². The summed E-state index contributed by atoms with van der Waals surface area (Å²) < 4.78 is 4.76. The van der Waals surface area contributed by atoms with Gasteiger partial charge in [-0.25, -0.2) is 4.79 Å². The van der Waals surface area contributed by atoms with Crippen molar-refractivity contribution in [2.45, 2.75) is 32.1 Å². The largest absolute Gasteiger partial charge is 0.433 e. The van der Waals surface area contributed by atoms with Crippen LogP contribution in [-0.2, 0) is 4.74 Å². The quantitative estimate of drug-likeness (QED) is 0.828. The molecular weight excluding hydrogens is 232 g/mol. The number of hydrogen-bond acceptors (Lipinski definition) is 4. The Balaban J connectivity index is 2.11. The number of ether oxygens (including phenoxy) is 1. The first kappa shape index (κ1) is 12.6. The van der Waals surface area contributed by atoms with Crippen molar-refractivity contribution in [3.8, 4) is 0 Å². The summed E-state index contributed by atoms with van der Waals surface area (Å²) in [6.45, 7) is 1.98. The number of rotatable bonds is 4. The van der Waals surface area contributed by atoms with Gasteiger partial charge in [0.15, 0.2) is 0 Å². The number of amides is 1. The van der Waals surface area contributed by atoms with E-state index in [4.69, 9.17) is 4.74 Å². The molecule has 1 aliphatic heterocycles. The molecule has 1 aromatic carbocycles. The highest BCUT2D eigenvalue weighted by molar-refractivity contribution is 5.81. The molecule has 1 fully saturated rings. The third-order valence-electron chi connectivity index (χ3n) is 2.77. The Morgan fingerprint density at radius 2 is 2.17 bits per heavy atom. The molecule has 0 radical (unpaired) electrons. The van der Waals surface area contributed by atoms with E-state index in [1.807, 2.05) is 37.3 Å². The van der Waals surface area contributed by atoms with Gasteiger partial charge in [0.2, 0.25) is 6.29 Å². The minimum Gasteiger partial charge on any atom is -0.416 e. The Morgan fingerprint density at radius 1 is 1.44 bits per heavy atom. The van der Waals surface area contributed by atoms with E-state index in [9.17, 15) is 9.90 Å². The molecule has 0 spiro atoms. The van der Waals surface area contributed by atoms with Gasteiger partial charge in [-0.05, 0) is 12.0 Å². The summed E-state index contributed by atoms with van der Waals surface area (Å²) in [7, 11) is 0. The van der Waals surface area contributed by atoms with Crippen molar-refractivity contribution >= 4 is 12.3 Å². The smallest absolute Gasteiger partial charge is 0.416 e. The van der Waals surface area contributed by atoms with Gasteiger partial charge >= 0.3 is 6.09 Å². The van der Waals surface area contributed by atoms with E-state index in [0.717, 1.165) is 12.0 Å². The zero-order valence-electron chi connectivity index (χ0n) is 10.2. The molecule has 5 nitrogen and oxygen atoms in total. The predicted molar refractivity (Wildman–Crippen MR) is 67.1 cm³/mol. The summed E-state index contributed by atoms with van der Waals surface area (Å²) in [6.07, 6.45) is 1.38. The number of benzene rings is 1. The van der Waals surface area contributed by atoms with Crippen LogP contribution in [-0.4, -0.2) is 34.8 Å². The average Bonchev–Trinajstić information content (AvgIpc) is 2.64. The van der Waals surface area contributed by atoms with Crippen LogP contribution in [0.5, 0.6) is 0 Å². The fourth-order valence-electron chi connectivity index (χ4n) is 1.85. The van der Waals surface area contributed by atoms with Crippen molar-refractivity contribution in [2.75, 3.05) is 0 Å². The Morgan fingerprint density at radius 3 is 2.83 bits per heavy atom. The number of carbonyl (C=O) groups is 1. The van der Waals surface area contributed by atoms with Gasteiger partial charge in [-0.1, -0.05) is 43.7 Å². The number of hydrazone groups is 1. The van der Waals surface area contributed by atoms with Crippen LogP contribution in [0.3, 0.4) is 0 Å². The number of nitrogens with zero attached hydrogens (tertiary/aromatic N) is 2. The van der Waals surface area contributed by atoms with Crippen LogP contribution in [0.2, 0.25) is 0 Å². The lowest BCUT2D eigenvalue weighted by atomic mass is 10.1. The third-order valence-corrected chi connectivity index (χ3v) is 2.77. The highest BCUT2D eigenvalue weighted by atomic mass is 16.7. The molecule has 0 saturated carbocycles. The summed E-state index contributed by atoms with van der Waals surface area (Å²) in [5.74, 6) is 0. The van der Waals surface area contributed by atoms with Crippen LogP contribution in [0.25, 0.3) is 0 Å². The van der Waals surface area contributed by atoms with E-state index in [0.29, 0.717) is 6.42 Å². The second-order valence-corrected chi connectivity index (χ2v) is 4.13. The molecule has 5 heteroatoms. The van der Waals surface area contributed by atoms with E-state index in [1.54, 1.807) is 6.21 Å². The van der Waals surface area contributed by atoms with Crippen molar-refractivity contribution < 1.29 is 14.6 Å². The summed E-state index contributed by atoms with van der Waals surface area (Å²) in [4.78, 5) is 11.5. The molecule has 2 rings (SSSR count). The molecule has 1 aliphatic rings. The van der Waals surface area contributed by atoms with Crippen molar-refractivity contribution in [1.82, 2.24) is 5.01 Å². The molecule has 2 atom stereocenters. The van der Waals surface area contributed by atoms with E-state index < -0.39 is 18.4 Å². The average molecular weight is 248 g/mol. The van der Waals surface area contributed by atoms with Crippen LogP contribution < -0.4 is 0 Å². The minimum absolute atomic E-state index is 0.400. The normalized spacial score (nSPS) is 23.7. The molecular formula is C13H16N2O3. The molecule has 1 N–H and O–H groups in total. The Bertz CT molecular complexity index is 433. The van der Waals surface area contributed by atoms with Crippen molar-refractivity contribution in [3.63, 3.8) is 0 Å². The zero-order chi connectivity index (χ0) is 13.0. The minimum atomic E-state index is -1.09. The van der Waals surface area contributed by atoms with Crippen LogP contribution in [0.4, 0.5) is 4.79 Å². The molecule has 1 saturated heterocycles. The zero-order valence-corrected chi connectivity index (χ0v) is 10.2. The maximum Gasteiger partial charge on any atom is 0.433 e. The van der Waals surface area contributed by atoms with Crippen molar-refractivity contribution in [2.24, 2.45) is 5.10 Å². The molecule has 96 valence electrons. The Hall–Kier alpha value is -1.88. The van der Waals surface area contributed by atoms with Crippen LogP contribution in [0.1, 0.15) is 25.3 Å². The molecule has 1 amide bonds. The number of hydrogen-bond donors (Lipinski definition) is 1. The second kappa shape index (κ2) is 5.64. The lowest BCUT2D eigenvalue weighted by molar-refractivity contribution is -0.0399. The molecule has 1 heterocycles. The lowest BCUT2D eigenvalue weighted by Crippen LogP contribution is -2.32. The van der Waals surface area contributed by atoms with Gasteiger partial charge in [0, 0.05) is 0 Å². The van der Waals surface area contributed by atoms with E-state index in [1.165, 1.54) is 5.01 Å². The van der Waals surface area contributed by atoms with E-state index >= 15 is 0 Å². The van der Waals surface area contributed by atoms with Gasteiger partial charge in [0.25, 0.3) is 0 Å². The first-order valence-corrected chi connectivity index (χ1v) is 5.99. The number of cyclic esters (lactones) is 1. The highest BCUT2D eigenvalue weighted by Crippen LogP contribution is 2.22. The molecule has 2 unspecified atom stereocenters. The topological polar surface area (TPSA) is 62.1 Å². The standard InChI is InChI=1S/C13H16N2O3/c1-2-6-11-12(16)18-13(17)15(11)14-9-10-7-4-3-5-8-10/h3-5,7-9,11-12,16H,2,6H2,1H3. The summed E-state index contributed by atoms with van der Waals surface area (Å²) in [6, 6.07) is 9.06. The molecule has 18 heavy (non-hydrogen) atoms. The first-order valence-electron chi connectivity index (χ1n) is 5.99. The SMILES string of the molecule is CCCC1C(O)OC(=O)N1N=Cc1ccccc1. The van der Waals surface area contributed by atoms with Crippen LogP contribution in [0, 0.1) is 0 Å². The second-order valence-electron chi connectivity index (χ2n) is 4.13. The molecule has 1 aromatic rings. The Kier molecular flexibility index (Phi) is 3.94. The van der Waals surface area contributed by atoms with Crippen LogP contribution in [0.15, 0.2) is 35.4 Å². The van der Waals surface area contributed by atoms with Gasteiger partial charge in [-0.3, -0.25) is 0 Å². The lowest BCUT2D eigenvalue weighted by Gasteiger charge is -2.16. The molecule has 0 aliphatic carbocycles. The predicted octanol–water partition coefficient (Wildman–Crippen LogP) is 1.96.